The van der Waals surface area contributed by atoms with Gasteiger partial charge in [-0.2, -0.15) is 0 Å². The molecule has 0 aliphatic rings. The number of para-hydroxylation sites is 1. The summed E-state index contributed by atoms with van der Waals surface area (Å²) in [7, 11) is 0. The lowest BCUT2D eigenvalue weighted by atomic mass is 9.92. The summed E-state index contributed by atoms with van der Waals surface area (Å²) in [5.74, 6) is -0.163. The molecule has 0 aliphatic heterocycles. The smallest absolute Gasteiger partial charge is 0.316 e. The van der Waals surface area contributed by atoms with Crippen molar-refractivity contribution in [2.45, 2.75) is 71.3 Å². The lowest BCUT2D eigenvalue weighted by Crippen LogP contribution is -2.31. The highest BCUT2D eigenvalue weighted by Gasteiger charge is 2.27. The minimum Gasteiger partial charge on any atom is -0.426 e. The van der Waals surface area contributed by atoms with E-state index in [1.54, 1.807) is 12.1 Å². The second-order valence-electron chi connectivity index (χ2n) is 5.90. The van der Waals surface area contributed by atoms with Crippen LogP contribution in [0.25, 0.3) is 0 Å². The van der Waals surface area contributed by atoms with Crippen molar-refractivity contribution in [3.8, 4) is 5.75 Å². The summed E-state index contributed by atoms with van der Waals surface area (Å²) in [5.41, 5.74) is 0. The first-order valence-electron chi connectivity index (χ1n) is 8.63. The fraction of sp³-hybridized carbons (Fsp3) is 0.632. The van der Waals surface area contributed by atoms with Crippen molar-refractivity contribution in [1.29, 1.82) is 0 Å². The van der Waals surface area contributed by atoms with Gasteiger partial charge in [0.05, 0.1) is 12.0 Å². The molecule has 0 heterocycles. The number of rotatable bonds is 11. The molecule has 0 amide bonds. The van der Waals surface area contributed by atoms with Crippen LogP contribution in [0.4, 0.5) is 0 Å². The standard InChI is InChI=1S/C19H30O3/c1-3-5-7-11-14-17(18(20)15-6-4-2)19(21)22-16-12-9-8-10-13-16/h8-10,12-13,17-18,20H,3-7,11,14-15H2,1-2H3. The second-order valence-corrected chi connectivity index (χ2v) is 5.90. The Bertz CT molecular complexity index is 402. The summed E-state index contributed by atoms with van der Waals surface area (Å²) in [6, 6.07) is 9.10. The molecule has 1 rings (SSSR count). The van der Waals surface area contributed by atoms with Crippen LogP contribution in [-0.2, 0) is 4.79 Å². The van der Waals surface area contributed by atoms with Crippen molar-refractivity contribution in [3.63, 3.8) is 0 Å². The Labute approximate surface area is 134 Å². The Kier molecular flexibility index (Phi) is 9.56. The third-order valence-electron chi connectivity index (χ3n) is 3.95. The molecule has 3 heteroatoms. The number of esters is 1. The van der Waals surface area contributed by atoms with E-state index in [1.807, 2.05) is 18.2 Å². The lowest BCUT2D eigenvalue weighted by molar-refractivity contribution is -0.143. The Balaban J connectivity index is 2.59. The maximum Gasteiger partial charge on any atom is 0.316 e. The number of carbonyl (C=O) groups excluding carboxylic acids is 1. The zero-order valence-corrected chi connectivity index (χ0v) is 14.0. The van der Waals surface area contributed by atoms with Gasteiger partial charge >= 0.3 is 5.97 Å². The highest BCUT2D eigenvalue weighted by molar-refractivity contribution is 5.75. The predicted octanol–water partition coefficient (Wildman–Crippen LogP) is 4.73. The molecule has 0 aliphatic carbocycles. The largest absolute Gasteiger partial charge is 0.426 e. The van der Waals surface area contributed by atoms with Gasteiger partial charge in [-0.3, -0.25) is 4.79 Å². The minimum absolute atomic E-state index is 0.300. The summed E-state index contributed by atoms with van der Waals surface area (Å²) >= 11 is 0. The zero-order valence-electron chi connectivity index (χ0n) is 14.0. The monoisotopic (exact) mass is 306 g/mol. The van der Waals surface area contributed by atoms with Crippen molar-refractivity contribution in [2.24, 2.45) is 5.92 Å². The second kappa shape index (κ2) is 11.2. The van der Waals surface area contributed by atoms with E-state index in [0.717, 1.165) is 32.1 Å². The van der Waals surface area contributed by atoms with Gasteiger partial charge < -0.3 is 9.84 Å². The van der Waals surface area contributed by atoms with Crippen molar-refractivity contribution in [1.82, 2.24) is 0 Å². The highest BCUT2D eigenvalue weighted by Crippen LogP contribution is 2.22. The molecular formula is C19H30O3. The van der Waals surface area contributed by atoms with Crippen molar-refractivity contribution in [3.05, 3.63) is 30.3 Å². The highest BCUT2D eigenvalue weighted by atomic mass is 16.5. The van der Waals surface area contributed by atoms with Crippen LogP contribution in [0, 0.1) is 5.92 Å². The van der Waals surface area contributed by atoms with Gasteiger partial charge in [0.25, 0.3) is 0 Å². The molecule has 0 fully saturated rings. The number of benzene rings is 1. The third-order valence-corrected chi connectivity index (χ3v) is 3.95. The number of hydrogen-bond acceptors (Lipinski definition) is 3. The molecule has 124 valence electrons. The van der Waals surface area contributed by atoms with Crippen LogP contribution < -0.4 is 4.74 Å². The number of ether oxygens (including phenoxy) is 1. The van der Waals surface area contributed by atoms with E-state index in [-0.39, 0.29) is 5.97 Å². The molecule has 3 nitrogen and oxygen atoms in total. The van der Waals surface area contributed by atoms with Crippen LogP contribution >= 0.6 is 0 Å². The van der Waals surface area contributed by atoms with Gasteiger partial charge in [-0.25, -0.2) is 0 Å². The van der Waals surface area contributed by atoms with E-state index < -0.39 is 12.0 Å². The van der Waals surface area contributed by atoms with Crippen LogP contribution in [0.15, 0.2) is 30.3 Å². The molecule has 0 saturated heterocycles. The Morgan fingerprint density at radius 2 is 1.68 bits per heavy atom. The average Bonchev–Trinajstić information content (AvgIpc) is 2.53. The normalized spacial score (nSPS) is 13.6. The summed E-state index contributed by atoms with van der Waals surface area (Å²) in [6.45, 7) is 4.25. The first kappa shape index (κ1) is 18.7. The van der Waals surface area contributed by atoms with E-state index in [0.29, 0.717) is 18.6 Å². The molecule has 0 aromatic heterocycles. The summed E-state index contributed by atoms with van der Waals surface area (Å²) < 4.78 is 5.44. The quantitative estimate of drug-likeness (QED) is 0.365. The van der Waals surface area contributed by atoms with Crippen molar-refractivity contribution >= 4 is 5.97 Å². The fourth-order valence-corrected chi connectivity index (χ4v) is 2.55. The van der Waals surface area contributed by atoms with E-state index in [1.165, 1.54) is 6.42 Å². The average molecular weight is 306 g/mol. The molecule has 2 atom stereocenters. The van der Waals surface area contributed by atoms with Crippen LogP contribution in [0.1, 0.15) is 65.2 Å². The number of hydrogen-bond donors (Lipinski definition) is 1. The first-order valence-corrected chi connectivity index (χ1v) is 8.63. The van der Waals surface area contributed by atoms with E-state index in [4.69, 9.17) is 4.74 Å². The van der Waals surface area contributed by atoms with Gasteiger partial charge in [0.1, 0.15) is 5.75 Å². The predicted molar refractivity (Wildman–Crippen MR) is 89.9 cm³/mol. The van der Waals surface area contributed by atoms with Gasteiger partial charge in [0.2, 0.25) is 0 Å². The summed E-state index contributed by atoms with van der Waals surface area (Å²) in [5, 5.41) is 10.3. The minimum atomic E-state index is -0.599. The molecule has 0 radical (unpaired) electrons. The molecule has 1 aromatic carbocycles. The van der Waals surface area contributed by atoms with E-state index in [2.05, 4.69) is 13.8 Å². The molecule has 1 N–H and O–H groups in total. The van der Waals surface area contributed by atoms with Gasteiger partial charge in [0.15, 0.2) is 0 Å². The Hall–Kier alpha value is -1.35. The molecule has 0 saturated carbocycles. The van der Waals surface area contributed by atoms with Gasteiger partial charge in [-0.1, -0.05) is 70.6 Å². The lowest BCUT2D eigenvalue weighted by Gasteiger charge is -2.21. The number of carbonyl (C=O) groups is 1. The Morgan fingerprint density at radius 1 is 1.00 bits per heavy atom. The van der Waals surface area contributed by atoms with Crippen LogP contribution in [0.2, 0.25) is 0 Å². The van der Waals surface area contributed by atoms with Crippen molar-refractivity contribution in [2.75, 3.05) is 0 Å². The first-order chi connectivity index (χ1) is 10.7. The van der Waals surface area contributed by atoms with Crippen LogP contribution in [0.5, 0.6) is 5.75 Å². The van der Waals surface area contributed by atoms with Gasteiger partial charge in [0, 0.05) is 0 Å². The molecule has 0 spiro atoms. The maximum absolute atomic E-state index is 12.4. The SMILES string of the molecule is CCCCCCC(C(=O)Oc1ccccc1)C(O)CCCC. The molecule has 22 heavy (non-hydrogen) atoms. The van der Waals surface area contributed by atoms with Crippen LogP contribution in [-0.4, -0.2) is 17.2 Å². The fourth-order valence-electron chi connectivity index (χ4n) is 2.55. The maximum atomic E-state index is 12.4. The Morgan fingerprint density at radius 3 is 2.32 bits per heavy atom. The van der Waals surface area contributed by atoms with Crippen molar-refractivity contribution < 1.29 is 14.6 Å². The third kappa shape index (κ3) is 7.08. The number of aliphatic hydroxyl groups excluding tert-OH is 1. The van der Waals surface area contributed by atoms with E-state index >= 15 is 0 Å². The zero-order chi connectivity index (χ0) is 16.2. The van der Waals surface area contributed by atoms with Gasteiger partial charge in [-0.05, 0) is 25.0 Å². The molecule has 1 aromatic rings. The number of unbranched alkanes of at least 4 members (excludes halogenated alkanes) is 4. The van der Waals surface area contributed by atoms with Crippen LogP contribution in [0.3, 0.4) is 0 Å². The van der Waals surface area contributed by atoms with Gasteiger partial charge in [-0.15, -0.1) is 0 Å². The summed E-state index contributed by atoms with van der Waals surface area (Å²) in [6.07, 6.45) is 7.13. The molecule has 0 bridgehead atoms. The summed E-state index contributed by atoms with van der Waals surface area (Å²) in [4.78, 5) is 12.4. The van der Waals surface area contributed by atoms with E-state index in [9.17, 15) is 9.90 Å². The molecular weight excluding hydrogens is 276 g/mol. The topological polar surface area (TPSA) is 46.5 Å². The number of aliphatic hydroxyl groups is 1. The molecule has 2 unspecified atom stereocenters.